The van der Waals surface area contributed by atoms with Crippen molar-refractivity contribution < 1.29 is 37.2 Å². The first-order chi connectivity index (χ1) is 12.9. The highest BCUT2D eigenvalue weighted by Gasteiger charge is 2.49. The van der Waals surface area contributed by atoms with Crippen LogP contribution in [0.15, 0.2) is 54.1 Å². The summed E-state index contributed by atoms with van der Waals surface area (Å²) in [5.41, 5.74) is -0.363. The van der Waals surface area contributed by atoms with E-state index in [4.69, 9.17) is 14.4 Å². The molecule has 0 aliphatic carbocycles. The SMILES string of the molecule is CCOc1ccc(OOC(=O)C2=Cc3ccccc3OC2C(F)(F)F)cc1. The molecule has 1 unspecified atom stereocenters. The lowest BCUT2D eigenvalue weighted by Crippen LogP contribution is -2.41. The molecule has 1 heterocycles. The van der Waals surface area contributed by atoms with Crippen molar-refractivity contribution in [1.82, 2.24) is 0 Å². The van der Waals surface area contributed by atoms with Crippen LogP contribution in [0.3, 0.4) is 0 Å². The Hall–Kier alpha value is -3.16. The number of hydrogen-bond donors (Lipinski definition) is 0. The molecule has 8 heteroatoms. The highest BCUT2D eigenvalue weighted by atomic mass is 19.4. The maximum atomic E-state index is 13.3. The molecule has 3 rings (SSSR count). The van der Waals surface area contributed by atoms with Crippen LogP contribution in [-0.2, 0) is 9.68 Å². The second kappa shape index (κ2) is 7.61. The van der Waals surface area contributed by atoms with Crippen LogP contribution in [0.4, 0.5) is 13.2 Å². The normalized spacial score (nSPS) is 15.9. The minimum atomic E-state index is -4.79. The van der Waals surface area contributed by atoms with E-state index >= 15 is 0 Å². The molecule has 142 valence electrons. The average molecular weight is 380 g/mol. The lowest BCUT2D eigenvalue weighted by molar-refractivity contribution is -0.217. The zero-order valence-electron chi connectivity index (χ0n) is 14.2. The van der Waals surface area contributed by atoms with Gasteiger partial charge >= 0.3 is 12.1 Å². The Bertz CT molecular complexity index is 843. The molecule has 1 atom stereocenters. The molecule has 0 radical (unpaired) electrons. The van der Waals surface area contributed by atoms with Crippen molar-refractivity contribution in [2.45, 2.75) is 19.2 Å². The van der Waals surface area contributed by atoms with E-state index in [1.165, 1.54) is 24.3 Å². The number of ether oxygens (including phenoxy) is 2. The standard InChI is InChI=1S/C19H15F3O5/c1-2-24-13-7-9-14(10-8-13)26-27-18(23)15-11-12-5-3-4-6-16(12)25-17(15)19(20,21)22/h3-11,17H,2H2,1H3. The smallest absolute Gasteiger partial charge is 0.430 e. The van der Waals surface area contributed by atoms with Gasteiger partial charge in [0, 0.05) is 5.56 Å². The fourth-order valence-corrected chi connectivity index (χ4v) is 2.44. The molecule has 2 aromatic carbocycles. The van der Waals surface area contributed by atoms with E-state index < -0.39 is 23.8 Å². The van der Waals surface area contributed by atoms with Crippen molar-refractivity contribution >= 4 is 12.0 Å². The molecule has 0 saturated heterocycles. The zero-order chi connectivity index (χ0) is 19.4. The monoisotopic (exact) mass is 380 g/mol. The number of fused-ring (bicyclic) bond motifs is 1. The summed E-state index contributed by atoms with van der Waals surface area (Å²) in [5, 5.41) is 0. The van der Waals surface area contributed by atoms with Gasteiger partial charge in [-0.15, -0.1) is 0 Å². The summed E-state index contributed by atoms with van der Waals surface area (Å²) in [5.74, 6) is -0.550. The molecule has 0 saturated carbocycles. The van der Waals surface area contributed by atoms with E-state index in [0.717, 1.165) is 6.08 Å². The summed E-state index contributed by atoms with van der Waals surface area (Å²) in [7, 11) is 0. The van der Waals surface area contributed by atoms with Crippen LogP contribution in [0.5, 0.6) is 17.2 Å². The summed E-state index contributed by atoms with van der Waals surface area (Å²) < 4.78 is 50.1. The largest absolute Gasteiger partial charge is 0.494 e. The first-order valence-corrected chi connectivity index (χ1v) is 8.04. The van der Waals surface area contributed by atoms with Gasteiger partial charge in [0.2, 0.25) is 6.10 Å². The molecule has 5 nitrogen and oxygen atoms in total. The molecule has 2 aromatic rings. The van der Waals surface area contributed by atoms with Gasteiger partial charge < -0.3 is 9.47 Å². The third kappa shape index (κ3) is 4.33. The highest BCUT2D eigenvalue weighted by molar-refractivity contribution is 5.96. The van der Waals surface area contributed by atoms with Gasteiger partial charge in [-0.2, -0.15) is 13.2 Å². The summed E-state index contributed by atoms with van der Waals surface area (Å²) in [6.45, 7) is 2.30. The zero-order valence-corrected chi connectivity index (χ0v) is 14.2. The van der Waals surface area contributed by atoms with E-state index in [1.54, 1.807) is 24.3 Å². The lowest BCUT2D eigenvalue weighted by Gasteiger charge is -2.27. The Morgan fingerprint density at radius 3 is 2.41 bits per heavy atom. The van der Waals surface area contributed by atoms with Gasteiger partial charge in [-0.1, -0.05) is 18.2 Å². The predicted octanol–water partition coefficient (Wildman–Crippen LogP) is 4.33. The Labute approximate surface area is 152 Å². The van der Waals surface area contributed by atoms with Gasteiger partial charge in [0.15, 0.2) is 5.75 Å². The first kappa shape index (κ1) is 18.6. The molecule has 0 amide bonds. The van der Waals surface area contributed by atoms with Crippen molar-refractivity contribution in [2.75, 3.05) is 6.61 Å². The molecule has 0 spiro atoms. The second-order valence-electron chi connectivity index (χ2n) is 5.54. The first-order valence-electron chi connectivity index (χ1n) is 8.04. The topological polar surface area (TPSA) is 54.0 Å². The number of carbonyl (C=O) groups is 1. The molecule has 0 aromatic heterocycles. The van der Waals surface area contributed by atoms with Crippen molar-refractivity contribution in [2.24, 2.45) is 0 Å². The minimum absolute atomic E-state index is 0.0313. The van der Waals surface area contributed by atoms with Crippen LogP contribution >= 0.6 is 0 Å². The van der Waals surface area contributed by atoms with Gasteiger partial charge in [0.1, 0.15) is 11.5 Å². The van der Waals surface area contributed by atoms with Crippen LogP contribution in [0.25, 0.3) is 6.08 Å². The van der Waals surface area contributed by atoms with E-state index in [0.29, 0.717) is 17.9 Å². The lowest BCUT2D eigenvalue weighted by atomic mass is 10.0. The fourth-order valence-electron chi connectivity index (χ4n) is 2.44. The molecular formula is C19H15F3O5. The molecule has 1 aliphatic heterocycles. The molecule has 27 heavy (non-hydrogen) atoms. The molecule has 0 fully saturated rings. The Morgan fingerprint density at radius 2 is 1.74 bits per heavy atom. The third-order valence-electron chi connectivity index (χ3n) is 3.64. The van der Waals surface area contributed by atoms with Crippen LogP contribution in [0.1, 0.15) is 12.5 Å². The quantitative estimate of drug-likeness (QED) is 0.571. The van der Waals surface area contributed by atoms with Crippen molar-refractivity contribution in [1.29, 1.82) is 0 Å². The van der Waals surface area contributed by atoms with Crippen LogP contribution in [0, 0.1) is 0 Å². The maximum absolute atomic E-state index is 13.3. The van der Waals surface area contributed by atoms with Gasteiger partial charge in [-0.25, -0.2) is 9.68 Å². The number of carbonyl (C=O) groups excluding carboxylic acids is 1. The molecular weight excluding hydrogens is 365 g/mol. The number of para-hydroxylation sites is 1. The highest BCUT2D eigenvalue weighted by Crippen LogP contribution is 2.37. The maximum Gasteiger partial charge on any atom is 0.430 e. The van der Waals surface area contributed by atoms with E-state index in [9.17, 15) is 18.0 Å². The number of benzene rings is 2. The van der Waals surface area contributed by atoms with E-state index in [1.807, 2.05) is 6.92 Å². The summed E-state index contributed by atoms with van der Waals surface area (Å²) >= 11 is 0. The summed E-state index contributed by atoms with van der Waals surface area (Å²) in [4.78, 5) is 21.6. The predicted molar refractivity (Wildman–Crippen MR) is 89.2 cm³/mol. The third-order valence-corrected chi connectivity index (χ3v) is 3.64. The summed E-state index contributed by atoms with van der Waals surface area (Å²) in [6.07, 6.45) is -6.15. The van der Waals surface area contributed by atoms with Crippen molar-refractivity contribution in [3.8, 4) is 17.2 Å². The van der Waals surface area contributed by atoms with Crippen molar-refractivity contribution in [3.63, 3.8) is 0 Å². The van der Waals surface area contributed by atoms with Gasteiger partial charge in [0.05, 0.1) is 12.2 Å². The second-order valence-corrected chi connectivity index (χ2v) is 5.54. The number of rotatable bonds is 5. The average Bonchev–Trinajstić information content (AvgIpc) is 2.65. The van der Waals surface area contributed by atoms with Crippen LogP contribution < -0.4 is 14.4 Å². The molecule has 0 N–H and O–H groups in total. The summed E-state index contributed by atoms with van der Waals surface area (Å²) in [6, 6.07) is 12.1. The molecule has 0 bridgehead atoms. The van der Waals surface area contributed by atoms with Gasteiger partial charge in [-0.3, -0.25) is 4.89 Å². The number of alkyl halides is 3. The Kier molecular flexibility index (Phi) is 5.25. The van der Waals surface area contributed by atoms with Crippen LogP contribution in [0.2, 0.25) is 0 Å². The Morgan fingerprint density at radius 1 is 1.07 bits per heavy atom. The van der Waals surface area contributed by atoms with Gasteiger partial charge in [-0.05, 0) is 43.3 Å². The number of hydrogen-bond acceptors (Lipinski definition) is 5. The van der Waals surface area contributed by atoms with Gasteiger partial charge in [0.25, 0.3) is 0 Å². The molecule has 1 aliphatic rings. The minimum Gasteiger partial charge on any atom is -0.494 e. The fraction of sp³-hybridized carbons (Fsp3) is 0.211. The van der Waals surface area contributed by atoms with Crippen molar-refractivity contribution in [3.05, 3.63) is 59.7 Å². The Balaban J connectivity index is 1.76. The number of halogens is 3. The van der Waals surface area contributed by atoms with Crippen LogP contribution in [-0.4, -0.2) is 24.9 Å². The van der Waals surface area contributed by atoms with E-state index in [-0.39, 0.29) is 11.5 Å². The van der Waals surface area contributed by atoms with E-state index in [2.05, 4.69) is 4.89 Å².